The molecule has 0 aliphatic heterocycles. The fraction of sp³-hybridized carbons (Fsp3) is 0.455. The predicted octanol–water partition coefficient (Wildman–Crippen LogP) is 3.29. The van der Waals surface area contributed by atoms with Crippen LogP contribution in [0.1, 0.15) is 13.3 Å². The molecule has 0 saturated carbocycles. The monoisotopic (exact) mass is 258 g/mol. The highest BCUT2D eigenvalue weighted by molar-refractivity contribution is 7.98. The molecule has 0 fully saturated rings. The van der Waals surface area contributed by atoms with Gasteiger partial charge >= 0.3 is 5.69 Å². The molecule has 0 aliphatic rings. The van der Waals surface area contributed by atoms with Crippen molar-refractivity contribution in [2.75, 3.05) is 17.3 Å². The molecule has 0 aromatic heterocycles. The van der Waals surface area contributed by atoms with E-state index in [0.29, 0.717) is 0 Å². The van der Waals surface area contributed by atoms with Gasteiger partial charge < -0.3 is 5.32 Å². The van der Waals surface area contributed by atoms with Gasteiger partial charge in [-0.25, -0.2) is 0 Å². The molecular weight excluding hydrogens is 243 g/mol. The smallest absolute Gasteiger partial charge is 0.327 e. The first-order chi connectivity index (χ1) is 8.10. The highest BCUT2D eigenvalue weighted by atomic mass is 32.2. The molecule has 1 atom stereocenters. The minimum absolute atomic E-state index is 0.102. The maximum Gasteiger partial charge on any atom is 0.327 e. The number of halogens is 1. The first kappa shape index (κ1) is 13.8. The van der Waals surface area contributed by atoms with Crippen molar-refractivity contribution >= 4 is 23.1 Å². The molecule has 0 aliphatic carbocycles. The zero-order valence-corrected chi connectivity index (χ0v) is 10.6. The molecule has 0 radical (unpaired) electrons. The summed E-state index contributed by atoms with van der Waals surface area (Å²) in [5.74, 6) is 0.0171. The summed E-state index contributed by atoms with van der Waals surface area (Å²) in [4.78, 5) is 10.1. The van der Waals surface area contributed by atoms with Crippen molar-refractivity contribution in [1.29, 1.82) is 0 Å². The molecule has 6 heteroatoms. The van der Waals surface area contributed by atoms with Crippen LogP contribution in [0.2, 0.25) is 0 Å². The lowest BCUT2D eigenvalue weighted by molar-refractivity contribution is -0.386. The molecule has 1 aromatic carbocycles. The van der Waals surface area contributed by atoms with Gasteiger partial charge in [0.25, 0.3) is 0 Å². The maximum absolute atomic E-state index is 13.4. The van der Waals surface area contributed by atoms with Gasteiger partial charge in [-0.1, -0.05) is 13.0 Å². The minimum Gasteiger partial charge on any atom is -0.376 e. The summed E-state index contributed by atoms with van der Waals surface area (Å²) in [6, 6.07) is 4.20. The van der Waals surface area contributed by atoms with E-state index in [1.54, 1.807) is 11.8 Å². The molecular formula is C11H15FN2O2S. The number of hydrogen-bond donors (Lipinski definition) is 1. The second kappa shape index (κ2) is 6.44. The fourth-order valence-corrected chi connectivity index (χ4v) is 2.22. The summed E-state index contributed by atoms with van der Waals surface area (Å²) in [5, 5.41) is 13.8. The summed E-state index contributed by atoms with van der Waals surface area (Å²) in [7, 11) is 0. The third-order valence-electron chi connectivity index (χ3n) is 2.39. The van der Waals surface area contributed by atoms with Crippen molar-refractivity contribution in [3.63, 3.8) is 0 Å². The van der Waals surface area contributed by atoms with Crippen molar-refractivity contribution in [2.45, 2.75) is 19.4 Å². The highest BCUT2D eigenvalue weighted by Crippen LogP contribution is 2.28. The van der Waals surface area contributed by atoms with Crippen molar-refractivity contribution in [2.24, 2.45) is 0 Å². The Hall–Kier alpha value is -1.30. The van der Waals surface area contributed by atoms with Gasteiger partial charge in [-0.3, -0.25) is 10.1 Å². The lowest BCUT2D eigenvalue weighted by atomic mass is 10.2. The molecule has 1 aromatic rings. The molecule has 0 spiro atoms. The van der Waals surface area contributed by atoms with Crippen molar-refractivity contribution in [3.8, 4) is 0 Å². The van der Waals surface area contributed by atoms with Gasteiger partial charge in [-0.05, 0) is 24.8 Å². The number of nitro benzene ring substituents is 1. The first-order valence-electron chi connectivity index (χ1n) is 5.28. The molecule has 94 valence electrons. The normalized spacial score (nSPS) is 12.2. The van der Waals surface area contributed by atoms with E-state index in [-0.39, 0.29) is 11.7 Å². The van der Waals surface area contributed by atoms with E-state index in [1.807, 2.05) is 13.2 Å². The van der Waals surface area contributed by atoms with Crippen LogP contribution >= 0.6 is 11.8 Å². The molecule has 0 amide bonds. The average Bonchev–Trinajstić information content (AvgIpc) is 2.28. The number of anilines is 1. The topological polar surface area (TPSA) is 55.2 Å². The van der Waals surface area contributed by atoms with Crippen LogP contribution in [0, 0.1) is 15.9 Å². The van der Waals surface area contributed by atoms with E-state index in [0.717, 1.165) is 18.2 Å². The van der Waals surface area contributed by atoms with Gasteiger partial charge in [-0.2, -0.15) is 16.2 Å². The maximum atomic E-state index is 13.4. The number of benzene rings is 1. The van der Waals surface area contributed by atoms with Gasteiger partial charge in [0, 0.05) is 11.8 Å². The third-order valence-corrected chi connectivity index (χ3v) is 3.13. The van der Waals surface area contributed by atoms with Crippen LogP contribution in [0.3, 0.4) is 0 Å². The van der Waals surface area contributed by atoms with Gasteiger partial charge in [-0.15, -0.1) is 0 Å². The Morgan fingerprint density at radius 3 is 2.82 bits per heavy atom. The minimum atomic E-state index is -0.806. The lowest BCUT2D eigenvalue weighted by Gasteiger charge is -2.17. The van der Waals surface area contributed by atoms with Crippen molar-refractivity contribution in [1.82, 2.24) is 0 Å². The van der Waals surface area contributed by atoms with Gasteiger partial charge in [0.05, 0.1) is 4.92 Å². The van der Waals surface area contributed by atoms with E-state index in [1.165, 1.54) is 12.1 Å². The zero-order valence-electron chi connectivity index (χ0n) is 9.77. The van der Waals surface area contributed by atoms with Crippen molar-refractivity contribution < 1.29 is 9.31 Å². The Bertz CT molecular complexity index is 401. The Labute approximate surface area is 104 Å². The quantitative estimate of drug-likeness (QED) is 0.628. The summed E-state index contributed by atoms with van der Waals surface area (Å²) in [6.45, 7) is 1.99. The molecule has 1 unspecified atom stereocenters. The first-order valence-corrected chi connectivity index (χ1v) is 6.67. The number of para-hydroxylation sites is 1. The molecule has 4 nitrogen and oxygen atoms in total. The second-order valence-corrected chi connectivity index (χ2v) is 4.51. The summed E-state index contributed by atoms with van der Waals surface area (Å²) < 4.78 is 13.4. The van der Waals surface area contributed by atoms with Crippen LogP contribution in [0.4, 0.5) is 15.8 Å². The number of nitrogens with zero attached hydrogens (tertiary/aromatic N) is 1. The molecule has 1 rings (SSSR count). The Balaban J connectivity index is 2.97. The third kappa shape index (κ3) is 3.59. The Kier molecular flexibility index (Phi) is 5.21. The summed E-state index contributed by atoms with van der Waals surface area (Å²) >= 11 is 1.65. The Morgan fingerprint density at radius 2 is 2.29 bits per heavy atom. The van der Waals surface area contributed by atoms with E-state index in [2.05, 4.69) is 5.32 Å². The van der Waals surface area contributed by atoms with Gasteiger partial charge in [0.2, 0.25) is 5.82 Å². The van der Waals surface area contributed by atoms with Gasteiger partial charge in [0.1, 0.15) is 5.69 Å². The van der Waals surface area contributed by atoms with E-state index in [9.17, 15) is 14.5 Å². The number of nitro groups is 1. The predicted molar refractivity (Wildman–Crippen MR) is 69.1 cm³/mol. The van der Waals surface area contributed by atoms with Gasteiger partial charge in [0.15, 0.2) is 0 Å². The largest absolute Gasteiger partial charge is 0.376 e. The zero-order chi connectivity index (χ0) is 12.8. The van der Waals surface area contributed by atoms with E-state index in [4.69, 9.17) is 0 Å². The molecule has 0 heterocycles. The summed E-state index contributed by atoms with van der Waals surface area (Å²) in [5.41, 5.74) is -0.233. The molecule has 0 saturated heterocycles. The number of nitrogens with one attached hydrogen (secondary N) is 1. The number of thioether (sulfide) groups is 1. The van der Waals surface area contributed by atoms with E-state index < -0.39 is 16.4 Å². The highest BCUT2D eigenvalue weighted by Gasteiger charge is 2.21. The standard InChI is InChI=1S/C11H15FN2O2S/c1-3-8(7-17-2)13-10-6-4-5-9(12)11(10)14(15)16/h4-6,8,13H,3,7H2,1-2H3. The average molecular weight is 258 g/mol. The lowest BCUT2D eigenvalue weighted by Crippen LogP contribution is -2.21. The van der Waals surface area contributed by atoms with E-state index >= 15 is 0 Å². The molecule has 17 heavy (non-hydrogen) atoms. The van der Waals surface area contributed by atoms with Crippen LogP contribution in [0.15, 0.2) is 18.2 Å². The molecule has 0 bridgehead atoms. The van der Waals surface area contributed by atoms with Crippen LogP contribution < -0.4 is 5.32 Å². The fourth-order valence-electron chi connectivity index (χ4n) is 1.50. The SMILES string of the molecule is CCC(CSC)Nc1cccc(F)c1[N+](=O)[O-]. The van der Waals surface area contributed by atoms with Crippen LogP contribution in [0.5, 0.6) is 0 Å². The second-order valence-electron chi connectivity index (χ2n) is 3.60. The summed E-state index contributed by atoms with van der Waals surface area (Å²) in [6.07, 6.45) is 2.79. The number of rotatable bonds is 6. The van der Waals surface area contributed by atoms with Crippen LogP contribution in [-0.4, -0.2) is 23.0 Å². The Morgan fingerprint density at radius 1 is 1.59 bits per heavy atom. The van der Waals surface area contributed by atoms with Crippen LogP contribution in [-0.2, 0) is 0 Å². The van der Waals surface area contributed by atoms with Crippen LogP contribution in [0.25, 0.3) is 0 Å². The van der Waals surface area contributed by atoms with Crippen molar-refractivity contribution in [3.05, 3.63) is 34.1 Å². The number of hydrogen-bond acceptors (Lipinski definition) is 4. The molecule has 1 N–H and O–H groups in total.